The van der Waals surface area contributed by atoms with Gasteiger partial charge in [0.1, 0.15) is 6.61 Å². The molecule has 1 fully saturated rings. The fourth-order valence-electron chi connectivity index (χ4n) is 3.47. The number of carbonyl (C=O) groups excluding carboxylic acids is 1. The second-order valence-corrected chi connectivity index (χ2v) is 6.64. The van der Waals surface area contributed by atoms with Gasteiger partial charge in [-0.2, -0.15) is 13.2 Å². The predicted molar refractivity (Wildman–Crippen MR) is 97.1 cm³/mol. The highest BCUT2D eigenvalue weighted by Crippen LogP contribution is 2.38. The van der Waals surface area contributed by atoms with E-state index in [2.05, 4.69) is 9.97 Å². The van der Waals surface area contributed by atoms with Crippen LogP contribution in [-0.4, -0.2) is 41.0 Å². The summed E-state index contributed by atoms with van der Waals surface area (Å²) in [6.45, 7) is 0.453. The molecular formula is C19H21F3N4O2. The van der Waals surface area contributed by atoms with E-state index in [1.807, 2.05) is 0 Å². The van der Waals surface area contributed by atoms with Gasteiger partial charge < -0.3 is 15.4 Å². The third-order valence-corrected chi connectivity index (χ3v) is 4.74. The molecule has 0 bridgehead atoms. The number of methoxy groups -OCH3 is 1. The van der Waals surface area contributed by atoms with Crippen molar-refractivity contribution in [2.45, 2.75) is 31.5 Å². The summed E-state index contributed by atoms with van der Waals surface area (Å²) in [6.07, 6.45) is -0.701. The Morgan fingerprint density at radius 2 is 2.14 bits per heavy atom. The van der Waals surface area contributed by atoms with Crippen LogP contribution in [0, 0.1) is 0 Å². The SMILES string of the molecule is COCC(=O)N1CCCCC1c1nc(N)ncc1-c1cccc(C(F)(F)F)c1. The second kappa shape index (κ2) is 8.14. The highest BCUT2D eigenvalue weighted by molar-refractivity contribution is 5.78. The van der Waals surface area contributed by atoms with E-state index >= 15 is 0 Å². The first-order valence-electron chi connectivity index (χ1n) is 8.89. The maximum absolute atomic E-state index is 13.1. The molecule has 1 aromatic heterocycles. The monoisotopic (exact) mass is 394 g/mol. The third-order valence-electron chi connectivity index (χ3n) is 4.74. The van der Waals surface area contributed by atoms with Crippen molar-refractivity contribution in [3.05, 3.63) is 41.7 Å². The molecule has 0 aliphatic carbocycles. The minimum atomic E-state index is -4.46. The molecule has 1 aliphatic heterocycles. The normalized spacial score (nSPS) is 17.6. The molecule has 3 rings (SSSR count). The molecule has 9 heteroatoms. The van der Waals surface area contributed by atoms with Gasteiger partial charge >= 0.3 is 6.18 Å². The van der Waals surface area contributed by atoms with Gasteiger partial charge in [-0.05, 0) is 37.0 Å². The summed E-state index contributed by atoms with van der Waals surface area (Å²) >= 11 is 0. The van der Waals surface area contributed by atoms with Crippen LogP contribution in [0.15, 0.2) is 30.5 Å². The zero-order valence-electron chi connectivity index (χ0n) is 15.4. The molecule has 2 N–H and O–H groups in total. The van der Waals surface area contributed by atoms with Crippen molar-refractivity contribution in [1.82, 2.24) is 14.9 Å². The number of piperidine rings is 1. The van der Waals surface area contributed by atoms with E-state index < -0.39 is 17.8 Å². The molecule has 1 amide bonds. The Bertz CT molecular complexity index is 857. The van der Waals surface area contributed by atoms with Gasteiger partial charge in [-0.15, -0.1) is 0 Å². The third kappa shape index (κ3) is 4.24. The molecule has 28 heavy (non-hydrogen) atoms. The number of amides is 1. The minimum absolute atomic E-state index is 0.00967. The van der Waals surface area contributed by atoms with Gasteiger partial charge in [0.25, 0.3) is 0 Å². The maximum Gasteiger partial charge on any atom is 0.416 e. The number of rotatable bonds is 4. The van der Waals surface area contributed by atoms with Crippen LogP contribution >= 0.6 is 0 Å². The lowest BCUT2D eigenvalue weighted by Gasteiger charge is -2.36. The van der Waals surface area contributed by atoms with Crippen molar-refractivity contribution in [2.24, 2.45) is 0 Å². The molecule has 2 heterocycles. The standard InChI is InChI=1S/C19H21F3N4O2/c1-28-11-16(27)26-8-3-2-7-15(26)17-14(10-24-18(23)25-17)12-5-4-6-13(9-12)19(20,21)22/h4-6,9-10,15H,2-3,7-8,11H2,1H3,(H2,23,24,25). The summed E-state index contributed by atoms with van der Waals surface area (Å²) in [6, 6.07) is 4.58. The van der Waals surface area contributed by atoms with Crippen molar-refractivity contribution in [1.29, 1.82) is 0 Å². The molecule has 1 saturated heterocycles. The molecule has 2 aromatic rings. The molecule has 1 atom stereocenters. The van der Waals surface area contributed by atoms with Crippen molar-refractivity contribution in [3.63, 3.8) is 0 Å². The Kier molecular flexibility index (Phi) is 5.83. The van der Waals surface area contributed by atoms with Crippen LogP contribution in [0.5, 0.6) is 0 Å². The van der Waals surface area contributed by atoms with Gasteiger partial charge in [0.05, 0.1) is 17.3 Å². The number of alkyl halides is 3. The zero-order chi connectivity index (χ0) is 20.3. The Hall–Kier alpha value is -2.68. The summed E-state index contributed by atoms with van der Waals surface area (Å²) in [5, 5.41) is 0. The molecule has 1 aromatic carbocycles. The molecule has 0 saturated carbocycles. The topological polar surface area (TPSA) is 81.3 Å². The first-order chi connectivity index (χ1) is 13.3. The number of nitrogen functional groups attached to an aromatic ring is 1. The van der Waals surface area contributed by atoms with E-state index in [4.69, 9.17) is 10.5 Å². The predicted octanol–water partition coefficient (Wildman–Crippen LogP) is 3.44. The van der Waals surface area contributed by atoms with Crippen LogP contribution in [0.1, 0.15) is 36.6 Å². The van der Waals surface area contributed by atoms with E-state index in [1.54, 1.807) is 11.0 Å². The number of nitrogens with zero attached hydrogens (tertiary/aromatic N) is 3. The van der Waals surface area contributed by atoms with Crippen LogP contribution in [0.3, 0.4) is 0 Å². The van der Waals surface area contributed by atoms with E-state index in [0.717, 1.165) is 25.0 Å². The number of anilines is 1. The smallest absolute Gasteiger partial charge is 0.375 e. The van der Waals surface area contributed by atoms with Crippen LogP contribution in [0.25, 0.3) is 11.1 Å². The lowest BCUT2D eigenvalue weighted by atomic mass is 9.93. The van der Waals surface area contributed by atoms with Crippen LogP contribution < -0.4 is 5.73 Å². The Balaban J connectivity index is 2.07. The summed E-state index contributed by atoms with van der Waals surface area (Å²) in [5.74, 6) is -0.185. The van der Waals surface area contributed by atoms with Crippen molar-refractivity contribution >= 4 is 11.9 Å². The van der Waals surface area contributed by atoms with E-state index in [1.165, 1.54) is 19.4 Å². The fraction of sp³-hybridized carbons (Fsp3) is 0.421. The summed E-state index contributed by atoms with van der Waals surface area (Å²) < 4.78 is 44.4. The molecule has 6 nitrogen and oxygen atoms in total. The van der Waals surface area contributed by atoms with E-state index in [9.17, 15) is 18.0 Å². The number of benzene rings is 1. The molecule has 1 aliphatic rings. The average molecular weight is 394 g/mol. The van der Waals surface area contributed by atoms with Gasteiger partial charge in [-0.3, -0.25) is 4.79 Å². The van der Waals surface area contributed by atoms with Crippen LogP contribution in [-0.2, 0) is 15.7 Å². The molecule has 0 spiro atoms. The van der Waals surface area contributed by atoms with Crippen molar-refractivity contribution in [2.75, 3.05) is 26.0 Å². The Labute approximate surface area is 160 Å². The fourth-order valence-corrected chi connectivity index (χ4v) is 3.47. The lowest BCUT2D eigenvalue weighted by Crippen LogP contribution is -2.41. The highest BCUT2D eigenvalue weighted by atomic mass is 19.4. The largest absolute Gasteiger partial charge is 0.416 e. The van der Waals surface area contributed by atoms with Crippen molar-refractivity contribution in [3.8, 4) is 11.1 Å². The number of aromatic nitrogens is 2. The maximum atomic E-state index is 13.1. The number of hydrogen-bond acceptors (Lipinski definition) is 5. The summed E-state index contributed by atoms with van der Waals surface area (Å²) in [4.78, 5) is 22.4. The molecule has 1 unspecified atom stereocenters. The second-order valence-electron chi connectivity index (χ2n) is 6.64. The van der Waals surface area contributed by atoms with E-state index in [-0.39, 0.29) is 18.5 Å². The first-order valence-corrected chi connectivity index (χ1v) is 8.89. The quantitative estimate of drug-likeness (QED) is 0.859. The number of halogens is 3. The van der Waals surface area contributed by atoms with Gasteiger partial charge in [-0.1, -0.05) is 12.1 Å². The van der Waals surface area contributed by atoms with Gasteiger partial charge in [0.15, 0.2) is 0 Å². The number of ether oxygens (including phenoxy) is 1. The lowest BCUT2D eigenvalue weighted by molar-refractivity contribution is -0.139. The van der Waals surface area contributed by atoms with Crippen LogP contribution in [0.2, 0.25) is 0 Å². The number of nitrogens with two attached hydrogens (primary N) is 1. The number of carbonyl (C=O) groups is 1. The Morgan fingerprint density at radius 1 is 1.36 bits per heavy atom. The average Bonchev–Trinajstić information content (AvgIpc) is 2.67. The number of hydrogen-bond donors (Lipinski definition) is 1. The van der Waals surface area contributed by atoms with Gasteiger partial charge in [0, 0.05) is 25.4 Å². The minimum Gasteiger partial charge on any atom is -0.375 e. The zero-order valence-corrected chi connectivity index (χ0v) is 15.4. The molecule has 0 radical (unpaired) electrons. The summed E-state index contributed by atoms with van der Waals surface area (Å²) in [5.41, 5.74) is 6.22. The van der Waals surface area contributed by atoms with Crippen LogP contribution in [0.4, 0.5) is 19.1 Å². The first kappa shape index (κ1) is 20.1. The summed E-state index contributed by atoms with van der Waals surface area (Å²) in [7, 11) is 1.44. The van der Waals surface area contributed by atoms with Gasteiger partial charge in [-0.25, -0.2) is 9.97 Å². The molecular weight excluding hydrogens is 373 g/mol. The Morgan fingerprint density at radius 3 is 2.86 bits per heavy atom. The van der Waals surface area contributed by atoms with Crippen molar-refractivity contribution < 1.29 is 22.7 Å². The highest BCUT2D eigenvalue weighted by Gasteiger charge is 2.33. The van der Waals surface area contributed by atoms with E-state index in [0.29, 0.717) is 29.8 Å². The van der Waals surface area contributed by atoms with Gasteiger partial charge in [0.2, 0.25) is 11.9 Å². The number of likely N-dealkylation sites (tertiary alicyclic amines) is 1. The molecule has 150 valence electrons.